The third-order valence-electron chi connectivity index (χ3n) is 5.68. The number of fused-ring (bicyclic) bond motifs is 2. The van der Waals surface area contributed by atoms with Crippen LogP contribution in [0.2, 0.25) is 0 Å². The maximum atomic E-state index is 13.2. The number of aromatic amines is 1. The van der Waals surface area contributed by atoms with E-state index in [1.54, 1.807) is 47.2 Å². The number of aryl methyl sites for hydroxylation is 1. The summed E-state index contributed by atoms with van der Waals surface area (Å²) in [6.45, 7) is 1.73. The summed E-state index contributed by atoms with van der Waals surface area (Å²) in [4.78, 5) is 46.8. The van der Waals surface area contributed by atoms with E-state index in [0.29, 0.717) is 21.9 Å². The molecular formula is C25H22N6O3S. The van der Waals surface area contributed by atoms with E-state index in [-0.39, 0.29) is 12.3 Å². The molecule has 5 rings (SSSR count). The molecule has 176 valence electrons. The molecule has 0 fully saturated rings. The lowest BCUT2D eigenvalue weighted by atomic mass is 10.0. The number of thiophene rings is 1. The summed E-state index contributed by atoms with van der Waals surface area (Å²) in [5.74, 6) is -1.41. The zero-order valence-corrected chi connectivity index (χ0v) is 19.6. The van der Waals surface area contributed by atoms with Crippen LogP contribution in [-0.2, 0) is 11.2 Å². The van der Waals surface area contributed by atoms with Crippen LogP contribution >= 0.6 is 11.3 Å². The fourth-order valence-corrected chi connectivity index (χ4v) is 4.65. The molecule has 0 radical (unpaired) electrons. The quantitative estimate of drug-likeness (QED) is 0.276. The van der Waals surface area contributed by atoms with Crippen molar-refractivity contribution in [1.29, 1.82) is 0 Å². The summed E-state index contributed by atoms with van der Waals surface area (Å²) >= 11 is 1.29. The van der Waals surface area contributed by atoms with Crippen molar-refractivity contribution in [3.05, 3.63) is 94.2 Å². The van der Waals surface area contributed by atoms with Gasteiger partial charge in [0.1, 0.15) is 17.4 Å². The Morgan fingerprint density at radius 1 is 1.03 bits per heavy atom. The number of amides is 3. The summed E-state index contributed by atoms with van der Waals surface area (Å²) in [7, 11) is 0. The Balaban J connectivity index is 1.35. The fourth-order valence-electron chi connectivity index (χ4n) is 4.02. The molecule has 0 spiro atoms. The lowest BCUT2D eigenvalue weighted by Crippen LogP contribution is -2.53. The van der Waals surface area contributed by atoms with E-state index in [4.69, 9.17) is 0 Å². The first-order chi connectivity index (χ1) is 17.0. The highest BCUT2D eigenvalue weighted by Crippen LogP contribution is 2.20. The lowest BCUT2D eigenvalue weighted by Gasteiger charge is -2.18. The van der Waals surface area contributed by atoms with Crippen LogP contribution in [0.25, 0.3) is 16.6 Å². The van der Waals surface area contributed by atoms with Gasteiger partial charge in [0, 0.05) is 29.7 Å². The molecule has 1 atom stereocenters. The second-order valence-electron chi connectivity index (χ2n) is 7.99. The normalized spacial score (nSPS) is 11.9. The highest BCUT2D eigenvalue weighted by Gasteiger charge is 2.25. The second-order valence-corrected chi connectivity index (χ2v) is 8.93. The first-order valence-corrected chi connectivity index (χ1v) is 11.8. The van der Waals surface area contributed by atoms with Gasteiger partial charge in [-0.3, -0.25) is 29.6 Å². The molecular weight excluding hydrogens is 464 g/mol. The summed E-state index contributed by atoms with van der Waals surface area (Å²) in [6, 6.07) is 15.7. The Hall–Kier alpha value is -4.44. The summed E-state index contributed by atoms with van der Waals surface area (Å²) in [5.41, 5.74) is 8.22. The molecule has 4 N–H and O–H groups in total. The average Bonchev–Trinajstić information content (AvgIpc) is 3.60. The molecule has 4 heterocycles. The number of imidazole rings is 1. The molecule has 3 amide bonds. The minimum Gasteiger partial charge on any atom is -0.361 e. The predicted octanol–water partition coefficient (Wildman–Crippen LogP) is 2.99. The number of hydrogen-bond donors (Lipinski definition) is 4. The zero-order valence-electron chi connectivity index (χ0n) is 18.7. The van der Waals surface area contributed by atoms with E-state index in [0.717, 1.165) is 16.5 Å². The van der Waals surface area contributed by atoms with Crippen LogP contribution in [0.5, 0.6) is 0 Å². The number of nitrogens with zero attached hydrogens (tertiary/aromatic N) is 2. The first kappa shape index (κ1) is 22.4. The van der Waals surface area contributed by atoms with Crippen LogP contribution in [0.15, 0.2) is 72.4 Å². The molecule has 0 saturated carbocycles. The smallest absolute Gasteiger partial charge is 0.288 e. The molecule has 0 aliphatic heterocycles. The number of hydrazine groups is 1. The maximum Gasteiger partial charge on any atom is 0.288 e. The third-order valence-corrected chi connectivity index (χ3v) is 6.55. The number of rotatable bonds is 6. The molecule has 35 heavy (non-hydrogen) atoms. The Kier molecular flexibility index (Phi) is 6.02. The van der Waals surface area contributed by atoms with Gasteiger partial charge in [-0.15, -0.1) is 11.3 Å². The summed E-state index contributed by atoms with van der Waals surface area (Å²) in [5, 5.41) is 5.55. The number of nitrogens with one attached hydrogen (secondary N) is 4. The molecule has 1 aromatic carbocycles. The monoisotopic (exact) mass is 486 g/mol. The first-order valence-electron chi connectivity index (χ1n) is 10.9. The van der Waals surface area contributed by atoms with Crippen LogP contribution in [0.1, 0.15) is 31.4 Å². The van der Waals surface area contributed by atoms with Crippen molar-refractivity contribution in [2.24, 2.45) is 0 Å². The Labute approximate surface area is 204 Å². The zero-order chi connectivity index (χ0) is 24.4. The predicted molar refractivity (Wildman–Crippen MR) is 133 cm³/mol. The van der Waals surface area contributed by atoms with Gasteiger partial charge in [-0.05, 0) is 42.1 Å². The molecule has 4 aromatic heterocycles. The molecule has 9 nitrogen and oxygen atoms in total. The van der Waals surface area contributed by atoms with E-state index in [1.165, 1.54) is 11.3 Å². The van der Waals surface area contributed by atoms with Gasteiger partial charge >= 0.3 is 0 Å². The highest BCUT2D eigenvalue weighted by molar-refractivity contribution is 7.12. The van der Waals surface area contributed by atoms with Crippen molar-refractivity contribution in [2.45, 2.75) is 19.4 Å². The standard InChI is InChI=1S/C25H22N6O3S/c1-15-22(31-11-5-4-10-21(31)27-15)25(34)30-29-23(32)19(28-24(33)20-9-6-12-35-20)13-16-14-26-18-8-3-2-7-17(16)18/h2-12,14,19,26H,13H2,1H3,(H,28,33)(H,29,32)(H,30,34)/t19-/m0/s1. The van der Waals surface area contributed by atoms with Gasteiger partial charge in [0.05, 0.1) is 10.6 Å². The summed E-state index contributed by atoms with van der Waals surface area (Å²) < 4.78 is 1.65. The van der Waals surface area contributed by atoms with Crippen LogP contribution < -0.4 is 16.2 Å². The van der Waals surface area contributed by atoms with Crippen molar-refractivity contribution in [3.8, 4) is 0 Å². The number of aromatic nitrogens is 3. The number of carbonyl (C=O) groups excluding carboxylic acids is 3. The van der Waals surface area contributed by atoms with E-state index < -0.39 is 17.9 Å². The number of H-pyrrole nitrogens is 1. The van der Waals surface area contributed by atoms with E-state index in [9.17, 15) is 14.4 Å². The van der Waals surface area contributed by atoms with Gasteiger partial charge in [-0.2, -0.15) is 0 Å². The summed E-state index contributed by atoms with van der Waals surface area (Å²) in [6.07, 6.45) is 3.78. The maximum absolute atomic E-state index is 13.2. The number of benzene rings is 1. The van der Waals surface area contributed by atoms with Crippen molar-refractivity contribution in [1.82, 2.24) is 30.5 Å². The topological polar surface area (TPSA) is 120 Å². The van der Waals surface area contributed by atoms with Crippen molar-refractivity contribution < 1.29 is 14.4 Å². The number of hydrogen-bond acceptors (Lipinski definition) is 5. The Bertz CT molecular complexity index is 1540. The SMILES string of the molecule is Cc1nc2ccccn2c1C(=O)NNC(=O)[C@H](Cc1c[nH]c2ccccc12)NC(=O)c1cccs1. The van der Waals surface area contributed by atoms with Gasteiger partial charge in [0.25, 0.3) is 17.7 Å². The molecule has 0 unspecified atom stereocenters. The van der Waals surface area contributed by atoms with E-state index in [1.807, 2.05) is 36.5 Å². The van der Waals surface area contributed by atoms with Crippen LogP contribution in [0, 0.1) is 6.92 Å². The van der Waals surface area contributed by atoms with Gasteiger partial charge in [-0.25, -0.2) is 4.98 Å². The van der Waals surface area contributed by atoms with E-state index >= 15 is 0 Å². The van der Waals surface area contributed by atoms with Gasteiger partial charge in [-0.1, -0.05) is 30.3 Å². The molecule has 0 aliphatic rings. The van der Waals surface area contributed by atoms with Crippen LogP contribution in [0.4, 0.5) is 0 Å². The van der Waals surface area contributed by atoms with Crippen LogP contribution in [-0.4, -0.2) is 38.1 Å². The number of carbonyl (C=O) groups is 3. The van der Waals surface area contributed by atoms with Crippen molar-refractivity contribution in [3.63, 3.8) is 0 Å². The molecule has 5 aromatic rings. The number of pyridine rings is 1. The van der Waals surface area contributed by atoms with E-state index in [2.05, 4.69) is 26.1 Å². The molecule has 0 bridgehead atoms. The molecule has 0 aliphatic carbocycles. The Morgan fingerprint density at radius 2 is 1.86 bits per heavy atom. The minimum atomic E-state index is -0.924. The molecule has 10 heteroatoms. The van der Waals surface area contributed by atoms with Crippen molar-refractivity contribution >= 4 is 45.6 Å². The largest absolute Gasteiger partial charge is 0.361 e. The van der Waals surface area contributed by atoms with Gasteiger partial charge in [0.2, 0.25) is 0 Å². The van der Waals surface area contributed by atoms with Gasteiger partial charge in [0.15, 0.2) is 0 Å². The number of para-hydroxylation sites is 1. The third kappa shape index (κ3) is 4.51. The van der Waals surface area contributed by atoms with Crippen molar-refractivity contribution in [2.75, 3.05) is 0 Å². The Morgan fingerprint density at radius 3 is 2.69 bits per heavy atom. The fraction of sp³-hybridized carbons (Fsp3) is 0.120. The lowest BCUT2D eigenvalue weighted by molar-refractivity contribution is -0.123. The highest BCUT2D eigenvalue weighted by atomic mass is 32.1. The average molecular weight is 487 g/mol. The van der Waals surface area contributed by atoms with Gasteiger partial charge < -0.3 is 10.3 Å². The van der Waals surface area contributed by atoms with Crippen LogP contribution in [0.3, 0.4) is 0 Å². The second kappa shape index (κ2) is 9.43. The molecule has 0 saturated heterocycles. The minimum absolute atomic E-state index is 0.234.